The van der Waals surface area contributed by atoms with E-state index in [9.17, 15) is 18.0 Å². The smallest absolute Gasteiger partial charge is 0.303 e. The van der Waals surface area contributed by atoms with E-state index in [0.29, 0.717) is 12.8 Å². The topological polar surface area (TPSA) is 125 Å². The number of carboxylic acid groups (broad SMARTS) is 1. The molecule has 0 unspecified atom stereocenters. The van der Waals surface area contributed by atoms with Crippen LogP contribution in [-0.4, -0.2) is 37.4 Å². The van der Waals surface area contributed by atoms with E-state index < -0.39 is 16.0 Å². The maximum Gasteiger partial charge on any atom is 0.303 e. The number of carboxylic acids is 1. The predicted molar refractivity (Wildman–Crippen MR) is 91.6 cm³/mol. The Morgan fingerprint density at radius 3 is 2.29 bits per heavy atom. The van der Waals surface area contributed by atoms with Crippen LogP contribution < -0.4 is 10.0 Å². The number of rotatable bonds is 12. The van der Waals surface area contributed by atoms with Gasteiger partial charge in [0.05, 0.1) is 6.20 Å². The summed E-state index contributed by atoms with van der Waals surface area (Å²) in [6, 6.07) is 0. The molecule has 1 aromatic rings. The third-order valence-corrected chi connectivity index (χ3v) is 6.10. The fourth-order valence-electron chi connectivity index (χ4n) is 1.99. The molecule has 0 aromatic carbocycles. The van der Waals surface area contributed by atoms with Gasteiger partial charge in [0, 0.05) is 12.8 Å². The molecule has 0 bridgehead atoms. The minimum atomic E-state index is -3.53. The Kier molecular flexibility index (Phi) is 8.87. The molecule has 0 saturated carbocycles. The van der Waals surface area contributed by atoms with Gasteiger partial charge in [0.15, 0.2) is 9.34 Å². The number of unbranched alkanes of at least 4 members (excludes halogenated alkanes) is 5. The average Bonchev–Trinajstić information content (AvgIpc) is 2.99. The third-order valence-electron chi connectivity index (χ3n) is 3.31. The predicted octanol–water partition coefficient (Wildman–Crippen LogP) is 2.20. The molecule has 0 fully saturated rings. The molecule has 1 heterocycles. The van der Waals surface area contributed by atoms with E-state index in [0.717, 1.165) is 43.4 Å². The summed E-state index contributed by atoms with van der Waals surface area (Å²) in [5.41, 5.74) is 0. The van der Waals surface area contributed by atoms with Crippen molar-refractivity contribution in [2.24, 2.45) is 0 Å². The van der Waals surface area contributed by atoms with E-state index in [1.54, 1.807) is 0 Å². The van der Waals surface area contributed by atoms with Crippen LogP contribution in [0.1, 0.15) is 51.4 Å². The molecule has 0 radical (unpaired) electrons. The first-order valence-corrected chi connectivity index (χ1v) is 10.1. The van der Waals surface area contributed by atoms with Gasteiger partial charge in [-0.05, 0) is 19.9 Å². The van der Waals surface area contributed by atoms with Crippen LogP contribution in [0.4, 0.5) is 5.13 Å². The molecule has 0 aliphatic carbocycles. The number of anilines is 1. The zero-order valence-electron chi connectivity index (χ0n) is 13.6. The quantitative estimate of drug-likeness (QED) is 0.479. The molecule has 24 heavy (non-hydrogen) atoms. The highest BCUT2D eigenvalue weighted by molar-refractivity contribution is 7.91. The highest BCUT2D eigenvalue weighted by Gasteiger charge is 2.16. The number of aliphatic carboxylic acids is 1. The van der Waals surface area contributed by atoms with E-state index >= 15 is 0 Å². The zero-order chi connectivity index (χ0) is 18.0. The Bertz CT molecular complexity index is 643. The second-order valence-corrected chi connectivity index (χ2v) is 8.40. The maximum absolute atomic E-state index is 11.8. The maximum atomic E-state index is 11.8. The fraction of sp³-hybridized carbons (Fsp3) is 0.643. The summed E-state index contributed by atoms with van der Waals surface area (Å²) in [7, 11) is -2.22. The Hall–Kier alpha value is -1.52. The van der Waals surface area contributed by atoms with Gasteiger partial charge in [-0.3, -0.25) is 9.59 Å². The van der Waals surface area contributed by atoms with Crippen molar-refractivity contribution in [2.75, 3.05) is 12.4 Å². The van der Waals surface area contributed by atoms with Crippen molar-refractivity contribution in [1.82, 2.24) is 9.71 Å². The molecular formula is C14H23N3O5S2. The summed E-state index contributed by atoms with van der Waals surface area (Å²) < 4.78 is 25.4. The first-order chi connectivity index (χ1) is 11.3. The molecule has 1 aromatic heterocycles. The molecule has 1 amide bonds. The Morgan fingerprint density at radius 1 is 1.12 bits per heavy atom. The largest absolute Gasteiger partial charge is 0.481 e. The SMILES string of the molecule is CNS(=O)(=O)c1cnc(NC(=O)CCCCCCCCC(=O)O)s1. The number of carbonyl (C=O) groups excluding carboxylic acids is 1. The second-order valence-electron chi connectivity index (χ2n) is 5.26. The number of aromatic nitrogens is 1. The van der Waals surface area contributed by atoms with Gasteiger partial charge < -0.3 is 10.4 Å². The summed E-state index contributed by atoms with van der Waals surface area (Å²) >= 11 is 0.906. The first-order valence-electron chi connectivity index (χ1n) is 7.76. The van der Waals surface area contributed by atoms with Crippen molar-refractivity contribution in [1.29, 1.82) is 0 Å². The Balaban J connectivity index is 2.18. The Labute approximate surface area is 145 Å². The standard InChI is InChI=1S/C14H23N3O5S2/c1-15-24(21,22)13-10-16-14(23-13)17-11(18)8-6-4-2-3-5-7-9-12(19)20/h10,15H,2-9H2,1H3,(H,19,20)(H,16,17,18). The lowest BCUT2D eigenvalue weighted by Crippen LogP contribution is -2.17. The van der Waals surface area contributed by atoms with E-state index in [1.165, 1.54) is 13.2 Å². The van der Waals surface area contributed by atoms with E-state index in [1.807, 2.05) is 0 Å². The van der Waals surface area contributed by atoms with Crippen LogP contribution in [0.25, 0.3) is 0 Å². The number of thiazole rings is 1. The normalized spacial score (nSPS) is 11.4. The summed E-state index contributed by atoms with van der Waals surface area (Å²) in [6.07, 6.45) is 6.92. The van der Waals surface area contributed by atoms with E-state index in [2.05, 4.69) is 15.0 Å². The van der Waals surface area contributed by atoms with Gasteiger partial charge in [-0.15, -0.1) is 0 Å². The highest BCUT2D eigenvalue weighted by atomic mass is 32.2. The van der Waals surface area contributed by atoms with Crippen molar-refractivity contribution in [3.63, 3.8) is 0 Å². The van der Waals surface area contributed by atoms with Gasteiger partial charge in [-0.2, -0.15) is 0 Å². The van der Waals surface area contributed by atoms with Gasteiger partial charge in [0.2, 0.25) is 5.91 Å². The second kappa shape index (κ2) is 10.4. The van der Waals surface area contributed by atoms with Crippen molar-refractivity contribution >= 4 is 38.4 Å². The van der Waals surface area contributed by atoms with Crippen molar-refractivity contribution in [3.8, 4) is 0 Å². The monoisotopic (exact) mass is 377 g/mol. The summed E-state index contributed by atoms with van der Waals surface area (Å²) in [4.78, 5) is 26.0. The van der Waals surface area contributed by atoms with Crippen LogP contribution in [-0.2, 0) is 19.6 Å². The van der Waals surface area contributed by atoms with Crippen LogP contribution in [0.5, 0.6) is 0 Å². The van der Waals surface area contributed by atoms with Crippen LogP contribution in [0.3, 0.4) is 0 Å². The van der Waals surface area contributed by atoms with Gasteiger partial charge in [0.1, 0.15) is 0 Å². The van der Waals surface area contributed by atoms with Gasteiger partial charge in [-0.25, -0.2) is 18.1 Å². The summed E-state index contributed by atoms with van der Waals surface area (Å²) in [5.74, 6) is -0.955. The summed E-state index contributed by atoms with van der Waals surface area (Å²) in [5, 5.41) is 11.4. The molecule has 136 valence electrons. The first kappa shape index (κ1) is 20.5. The Morgan fingerprint density at radius 2 is 1.71 bits per heavy atom. The molecule has 0 spiro atoms. The molecular weight excluding hydrogens is 354 g/mol. The molecule has 3 N–H and O–H groups in total. The fourth-order valence-corrected chi connectivity index (χ4v) is 3.88. The number of hydrogen-bond donors (Lipinski definition) is 3. The van der Waals surface area contributed by atoms with E-state index in [-0.39, 0.29) is 21.7 Å². The third kappa shape index (κ3) is 7.84. The number of sulfonamides is 1. The molecule has 10 heteroatoms. The lowest BCUT2D eigenvalue weighted by Gasteiger charge is -2.02. The number of hydrogen-bond acceptors (Lipinski definition) is 6. The molecule has 8 nitrogen and oxygen atoms in total. The lowest BCUT2D eigenvalue weighted by molar-refractivity contribution is -0.137. The lowest BCUT2D eigenvalue weighted by atomic mass is 10.1. The van der Waals surface area contributed by atoms with Crippen molar-refractivity contribution < 1.29 is 23.1 Å². The van der Waals surface area contributed by atoms with Crippen LogP contribution >= 0.6 is 11.3 Å². The molecule has 0 aliphatic heterocycles. The van der Waals surface area contributed by atoms with E-state index in [4.69, 9.17) is 5.11 Å². The average molecular weight is 377 g/mol. The number of amides is 1. The van der Waals surface area contributed by atoms with Crippen LogP contribution in [0, 0.1) is 0 Å². The zero-order valence-corrected chi connectivity index (χ0v) is 15.2. The number of nitrogens with one attached hydrogen (secondary N) is 2. The van der Waals surface area contributed by atoms with Gasteiger partial charge in [0.25, 0.3) is 10.0 Å². The molecule has 0 aliphatic rings. The van der Waals surface area contributed by atoms with Crippen molar-refractivity contribution in [2.45, 2.75) is 55.6 Å². The minimum absolute atomic E-state index is 0.0571. The summed E-state index contributed by atoms with van der Waals surface area (Å²) in [6.45, 7) is 0. The number of carbonyl (C=O) groups is 2. The van der Waals surface area contributed by atoms with Crippen LogP contribution in [0.15, 0.2) is 10.4 Å². The molecule has 0 saturated heterocycles. The molecule has 0 atom stereocenters. The van der Waals surface area contributed by atoms with Crippen molar-refractivity contribution in [3.05, 3.63) is 6.20 Å². The van der Waals surface area contributed by atoms with Gasteiger partial charge in [-0.1, -0.05) is 37.0 Å². The molecule has 1 rings (SSSR count). The minimum Gasteiger partial charge on any atom is -0.481 e. The van der Waals surface area contributed by atoms with Gasteiger partial charge >= 0.3 is 5.97 Å². The van der Waals surface area contributed by atoms with Crippen LogP contribution in [0.2, 0.25) is 0 Å². The highest BCUT2D eigenvalue weighted by Crippen LogP contribution is 2.22. The number of nitrogens with zero attached hydrogens (tertiary/aromatic N) is 1.